The van der Waals surface area contributed by atoms with Crippen LogP contribution in [0.5, 0.6) is 0 Å². The van der Waals surface area contributed by atoms with Crippen molar-refractivity contribution in [3.05, 3.63) is 41.4 Å². The van der Waals surface area contributed by atoms with Crippen molar-refractivity contribution < 1.29 is 18.3 Å². The highest BCUT2D eigenvalue weighted by Gasteiger charge is 2.52. The number of carboxylic acid groups (broad SMARTS) is 1. The number of carbonyl (C=O) groups is 1. The van der Waals surface area contributed by atoms with Gasteiger partial charge in [-0.3, -0.25) is 4.79 Å². The van der Waals surface area contributed by atoms with E-state index >= 15 is 0 Å². The van der Waals surface area contributed by atoms with Crippen LogP contribution < -0.4 is 0 Å². The number of halogens is 1. The predicted octanol–water partition coefficient (Wildman–Crippen LogP) is 2.74. The highest BCUT2D eigenvalue weighted by atomic mass is 35.5. The Morgan fingerprint density at radius 1 is 1.15 bits per heavy atom. The van der Waals surface area contributed by atoms with Crippen LogP contribution in [0.2, 0.25) is 5.02 Å². The van der Waals surface area contributed by atoms with Crippen LogP contribution in [0.25, 0.3) is 10.8 Å². The molecule has 1 aliphatic rings. The molecule has 2 aromatic carbocycles. The van der Waals surface area contributed by atoms with Crippen LogP contribution in [-0.4, -0.2) is 24.7 Å². The maximum absolute atomic E-state index is 12.3. The first-order valence-corrected chi connectivity index (χ1v) is 7.98. The zero-order chi connectivity index (χ0) is 14.5. The van der Waals surface area contributed by atoms with E-state index in [0.717, 1.165) is 10.8 Å². The van der Waals surface area contributed by atoms with Crippen LogP contribution in [0.4, 0.5) is 0 Å². The number of hydrogen-bond acceptors (Lipinski definition) is 3. The van der Waals surface area contributed by atoms with E-state index in [1.807, 2.05) is 0 Å². The van der Waals surface area contributed by atoms with Crippen molar-refractivity contribution in [3.8, 4) is 0 Å². The molecule has 2 aromatic rings. The summed E-state index contributed by atoms with van der Waals surface area (Å²) in [6.07, 6.45) is 0.191. The molecule has 0 heterocycles. The number of sulfone groups is 1. The average molecular weight is 311 g/mol. The molecular weight excluding hydrogens is 300 g/mol. The molecule has 0 saturated heterocycles. The molecule has 3 rings (SSSR count). The minimum atomic E-state index is -3.58. The van der Waals surface area contributed by atoms with Gasteiger partial charge in [0.2, 0.25) is 0 Å². The second-order valence-electron chi connectivity index (χ2n) is 4.92. The molecular formula is C14H11ClO4S. The third kappa shape index (κ3) is 2.17. The van der Waals surface area contributed by atoms with E-state index in [-0.39, 0.29) is 11.3 Å². The van der Waals surface area contributed by atoms with Gasteiger partial charge >= 0.3 is 5.97 Å². The first-order chi connectivity index (χ1) is 9.39. The summed E-state index contributed by atoms with van der Waals surface area (Å²) in [5.41, 5.74) is 0. The molecule has 0 radical (unpaired) electrons. The van der Waals surface area contributed by atoms with Gasteiger partial charge in [0.1, 0.15) is 0 Å². The lowest BCUT2D eigenvalue weighted by molar-refractivity contribution is -0.138. The van der Waals surface area contributed by atoms with Crippen molar-refractivity contribution >= 4 is 38.2 Å². The largest absolute Gasteiger partial charge is 0.481 e. The lowest BCUT2D eigenvalue weighted by atomic mass is 10.1. The number of hydrogen-bond donors (Lipinski definition) is 1. The Balaban J connectivity index is 2.02. The second kappa shape index (κ2) is 4.46. The van der Waals surface area contributed by atoms with Crippen molar-refractivity contribution in [1.82, 2.24) is 0 Å². The molecule has 0 amide bonds. The van der Waals surface area contributed by atoms with Crippen LogP contribution in [0.15, 0.2) is 41.3 Å². The molecule has 1 fully saturated rings. The Morgan fingerprint density at radius 3 is 2.45 bits per heavy atom. The first kappa shape index (κ1) is 13.4. The number of aliphatic carboxylic acids is 1. The average Bonchev–Trinajstić information content (AvgIpc) is 3.18. The van der Waals surface area contributed by atoms with Crippen molar-refractivity contribution in [2.24, 2.45) is 5.92 Å². The first-order valence-electron chi connectivity index (χ1n) is 6.05. The Morgan fingerprint density at radius 2 is 1.80 bits per heavy atom. The van der Waals surface area contributed by atoms with Gasteiger partial charge in [-0.05, 0) is 41.5 Å². The van der Waals surface area contributed by atoms with Crippen LogP contribution >= 0.6 is 11.6 Å². The lowest BCUT2D eigenvalue weighted by Gasteiger charge is -2.05. The maximum Gasteiger partial charge on any atom is 0.307 e. The van der Waals surface area contributed by atoms with Crippen molar-refractivity contribution in [2.75, 3.05) is 0 Å². The van der Waals surface area contributed by atoms with Crippen LogP contribution in [0.1, 0.15) is 6.42 Å². The van der Waals surface area contributed by atoms with Gasteiger partial charge in [-0.1, -0.05) is 23.7 Å². The van der Waals surface area contributed by atoms with Gasteiger partial charge in [0.05, 0.1) is 16.1 Å². The summed E-state index contributed by atoms with van der Waals surface area (Å²) in [5.74, 6) is -1.83. The predicted molar refractivity (Wildman–Crippen MR) is 75.7 cm³/mol. The Labute approximate surface area is 120 Å². The van der Waals surface area contributed by atoms with Gasteiger partial charge in [-0.2, -0.15) is 0 Å². The molecule has 2 atom stereocenters. The van der Waals surface area contributed by atoms with E-state index in [9.17, 15) is 13.2 Å². The third-order valence-corrected chi connectivity index (χ3v) is 6.01. The van der Waals surface area contributed by atoms with E-state index in [0.29, 0.717) is 5.02 Å². The summed E-state index contributed by atoms with van der Waals surface area (Å²) < 4.78 is 24.7. The van der Waals surface area contributed by atoms with Gasteiger partial charge in [0.15, 0.2) is 9.84 Å². The Hall–Kier alpha value is -1.59. The lowest BCUT2D eigenvalue weighted by Crippen LogP contribution is -2.13. The Bertz CT molecular complexity index is 813. The molecule has 0 bridgehead atoms. The third-order valence-electron chi connectivity index (χ3n) is 3.55. The summed E-state index contributed by atoms with van der Waals surface area (Å²) in [5, 5.41) is 10.3. The minimum Gasteiger partial charge on any atom is -0.481 e. The smallest absolute Gasteiger partial charge is 0.307 e. The Kier molecular flexibility index (Phi) is 2.99. The van der Waals surface area contributed by atoms with Crippen molar-refractivity contribution in [2.45, 2.75) is 16.6 Å². The van der Waals surface area contributed by atoms with E-state index in [4.69, 9.17) is 16.7 Å². The van der Waals surface area contributed by atoms with E-state index in [2.05, 4.69) is 0 Å². The molecule has 0 aliphatic heterocycles. The molecule has 6 heteroatoms. The standard InChI is InChI=1S/C14H11ClO4S/c15-10-3-1-9-6-11(4-2-8(9)5-10)20(18,19)13-7-12(13)14(16)17/h1-6,12-13H,7H2,(H,16,17). The summed E-state index contributed by atoms with van der Waals surface area (Å²) >= 11 is 5.88. The number of fused-ring (bicyclic) bond motifs is 1. The quantitative estimate of drug-likeness (QED) is 0.946. The van der Waals surface area contributed by atoms with Gasteiger partial charge < -0.3 is 5.11 Å². The van der Waals surface area contributed by atoms with E-state index in [1.165, 1.54) is 6.07 Å². The summed E-state index contributed by atoms with van der Waals surface area (Å²) in [6, 6.07) is 9.95. The number of carboxylic acids is 1. The fourth-order valence-electron chi connectivity index (χ4n) is 2.32. The van der Waals surface area contributed by atoms with Gasteiger partial charge in [-0.25, -0.2) is 8.42 Å². The fourth-order valence-corrected chi connectivity index (χ4v) is 4.41. The van der Waals surface area contributed by atoms with Gasteiger partial charge in [0, 0.05) is 5.02 Å². The monoisotopic (exact) mass is 310 g/mol. The molecule has 104 valence electrons. The van der Waals surface area contributed by atoms with Gasteiger partial charge in [-0.15, -0.1) is 0 Å². The molecule has 20 heavy (non-hydrogen) atoms. The van der Waals surface area contributed by atoms with Crippen molar-refractivity contribution in [1.29, 1.82) is 0 Å². The van der Waals surface area contributed by atoms with Crippen molar-refractivity contribution in [3.63, 3.8) is 0 Å². The number of benzene rings is 2. The molecule has 4 nitrogen and oxygen atoms in total. The van der Waals surface area contributed by atoms with E-state index in [1.54, 1.807) is 30.3 Å². The summed E-state index contributed by atoms with van der Waals surface area (Å²) in [4.78, 5) is 11.0. The van der Waals surface area contributed by atoms with Gasteiger partial charge in [0.25, 0.3) is 0 Å². The van der Waals surface area contributed by atoms with Crippen LogP contribution in [0, 0.1) is 5.92 Å². The van der Waals surface area contributed by atoms with Crippen LogP contribution in [-0.2, 0) is 14.6 Å². The fraction of sp³-hybridized carbons (Fsp3) is 0.214. The normalized spacial score (nSPS) is 21.9. The molecule has 0 aromatic heterocycles. The summed E-state index contributed by atoms with van der Waals surface area (Å²) in [7, 11) is -3.58. The second-order valence-corrected chi connectivity index (χ2v) is 7.52. The number of rotatable bonds is 3. The highest BCUT2D eigenvalue weighted by Crippen LogP contribution is 2.41. The zero-order valence-corrected chi connectivity index (χ0v) is 11.9. The summed E-state index contributed by atoms with van der Waals surface area (Å²) in [6.45, 7) is 0. The topological polar surface area (TPSA) is 71.4 Å². The van der Waals surface area contributed by atoms with E-state index < -0.39 is 27.0 Å². The molecule has 1 saturated carbocycles. The molecule has 0 spiro atoms. The molecule has 1 N–H and O–H groups in total. The zero-order valence-electron chi connectivity index (χ0n) is 10.3. The molecule has 1 aliphatic carbocycles. The van der Waals surface area contributed by atoms with Crippen LogP contribution in [0.3, 0.4) is 0 Å². The molecule has 2 unspecified atom stereocenters. The SMILES string of the molecule is O=C(O)C1CC1S(=O)(=O)c1ccc2cc(Cl)ccc2c1. The maximum atomic E-state index is 12.3. The minimum absolute atomic E-state index is 0.168. The highest BCUT2D eigenvalue weighted by molar-refractivity contribution is 7.92.